The van der Waals surface area contributed by atoms with Crippen LogP contribution in [-0.2, 0) is 4.74 Å². The Morgan fingerprint density at radius 2 is 2.14 bits per heavy atom. The monoisotopic (exact) mass is 321 g/mol. The average molecular weight is 322 g/mol. The fourth-order valence-corrected chi connectivity index (χ4v) is 2.40. The van der Waals surface area contributed by atoms with E-state index >= 15 is 0 Å². The van der Waals surface area contributed by atoms with Gasteiger partial charge in [-0.15, -0.1) is 0 Å². The molecule has 0 radical (unpaired) electrons. The molecule has 2 aromatic rings. The van der Waals surface area contributed by atoms with Gasteiger partial charge in [0.25, 0.3) is 0 Å². The highest BCUT2D eigenvalue weighted by molar-refractivity contribution is 6.32. The molecule has 22 heavy (non-hydrogen) atoms. The van der Waals surface area contributed by atoms with Crippen LogP contribution in [0.3, 0.4) is 0 Å². The quantitative estimate of drug-likeness (QED) is 0.908. The number of halogens is 1. The molecular weight excluding hydrogens is 302 g/mol. The van der Waals surface area contributed by atoms with Gasteiger partial charge in [-0.3, -0.25) is 4.98 Å². The lowest BCUT2D eigenvalue weighted by molar-refractivity contribution is 0.0524. The summed E-state index contributed by atoms with van der Waals surface area (Å²) in [7, 11) is 0. The Labute approximate surface area is 134 Å². The van der Waals surface area contributed by atoms with E-state index in [-0.39, 0.29) is 6.54 Å². The molecule has 1 aromatic heterocycles. The Bertz CT molecular complexity index is 683. The second-order valence-electron chi connectivity index (χ2n) is 6.03. The largest absolute Gasteiger partial charge is 0.444 e. The van der Waals surface area contributed by atoms with Crippen molar-refractivity contribution in [1.82, 2.24) is 10.3 Å². The first kappa shape index (κ1) is 16.5. The maximum absolute atomic E-state index is 11.7. The zero-order valence-corrected chi connectivity index (χ0v) is 13.6. The van der Waals surface area contributed by atoms with E-state index < -0.39 is 17.7 Å². The van der Waals surface area contributed by atoms with Crippen molar-refractivity contribution in [3.8, 4) is 0 Å². The summed E-state index contributed by atoms with van der Waals surface area (Å²) in [5.74, 6) is 0. The Hall–Kier alpha value is -1.85. The SMILES string of the molecule is CC(C)(C)OC(=O)NCC(N)c1c(Cl)ccc2cccnc12. The number of nitrogens with two attached hydrogens (primary N) is 1. The first-order valence-electron chi connectivity index (χ1n) is 7.03. The molecular formula is C16H20ClN3O2. The summed E-state index contributed by atoms with van der Waals surface area (Å²) in [6, 6.07) is 7.00. The van der Waals surface area contributed by atoms with Gasteiger partial charge in [-0.2, -0.15) is 0 Å². The first-order chi connectivity index (χ1) is 10.3. The predicted molar refractivity (Wildman–Crippen MR) is 87.9 cm³/mol. The van der Waals surface area contributed by atoms with Crippen molar-refractivity contribution in [3.63, 3.8) is 0 Å². The van der Waals surface area contributed by atoms with Crippen LogP contribution in [0.25, 0.3) is 10.9 Å². The van der Waals surface area contributed by atoms with Gasteiger partial charge in [0.1, 0.15) is 5.60 Å². The summed E-state index contributed by atoms with van der Waals surface area (Å²) in [6.07, 6.45) is 1.18. The van der Waals surface area contributed by atoms with Gasteiger partial charge in [0, 0.05) is 28.7 Å². The summed E-state index contributed by atoms with van der Waals surface area (Å²) in [4.78, 5) is 16.0. The topological polar surface area (TPSA) is 77.2 Å². The predicted octanol–water partition coefficient (Wildman–Crippen LogP) is 3.41. The number of amides is 1. The summed E-state index contributed by atoms with van der Waals surface area (Å²) < 4.78 is 5.19. The van der Waals surface area contributed by atoms with Crippen LogP contribution in [0.1, 0.15) is 32.4 Å². The van der Waals surface area contributed by atoms with Gasteiger partial charge in [-0.1, -0.05) is 23.7 Å². The number of aromatic nitrogens is 1. The van der Waals surface area contributed by atoms with Crippen LogP contribution < -0.4 is 11.1 Å². The summed E-state index contributed by atoms with van der Waals surface area (Å²) in [5, 5.41) is 4.14. The second kappa shape index (κ2) is 6.50. The van der Waals surface area contributed by atoms with Crippen LogP contribution in [0.4, 0.5) is 4.79 Å². The van der Waals surface area contributed by atoms with Crippen molar-refractivity contribution >= 4 is 28.6 Å². The van der Waals surface area contributed by atoms with Gasteiger partial charge in [0.05, 0.1) is 11.6 Å². The minimum Gasteiger partial charge on any atom is -0.444 e. The van der Waals surface area contributed by atoms with Gasteiger partial charge >= 0.3 is 6.09 Å². The number of benzene rings is 1. The smallest absolute Gasteiger partial charge is 0.407 e. The summed E-state index contributed by atoms with van der Waals surface area (Å²) in [5.41, 5.74) is 7.09. The molecule has 1 aromatic carbocycles. The van der Waals surface area contributed by atoms with E-state index in [1.54, 1.807) is 33.0 Å². The minimum atomic E-state index is -0.549. The highest BCUT2D eigenvalue weighted by Crippen LogP contribution is 2.28. The van der Waals surface area contributed by atoms with E-state index in [1.807, 2.05) is 18.2 Å². The van der Waals surface area contributed by atoms with Crippen molar-refractivity contribution in [3.05, 3.63) is 41.0 Å². The number of ether oxygens (including phenoxy) is 1. The molecule has 5 nitrogen and oxygen atoms in total. The van der Waals surface area contributed by atoms with Crippen LogP contribution in [0.15, 0.2) is 30.5 Å². The molecule has 3 N–H and O–H groups in total. The van der Waals surface area contributed by atoms with E-state index in [9.17, 15) is 4.79 Å². The van der Waals surface area contributed by atoms with Crippen LogP contribution in [-0.4, -0.2) is 23.2 Å². The van der Waals surface area contributed by atoms with Gasteiger partial charge < -0.3 is 15.8 Å². The zero-order chi connectivity index (χ0) is 16.3. The van der Waals surface area contributed by atoms with Crippen molar-refractivity contribution in [2.45, 2.75) is 32.4 Å². The number of carbonyl (C=O) groups excluding carboxylic acids is 1. The standard InChI is InChI=1S/C16H20ClN3O2/c1-16(2,3)22-15(21)20-9-12(18)13-11(17)7-6-10-5-4-8-19-14(10)13/h4-8,12H,9,18H2,1-3H3,(H,20,21). The molecule has 0 fully saturated rings. The fraction of sp³-hybridized carbons (Fsp3) is 0.375. The molecule has 0 spiro atoms. The number of hydrogen-bond donors (Lipinski definition) is 2. The maximum Gasteiger partial charge on any atom is 0.407 e. The van der Waals surface area contributed by atoms with Gasteiger partial charge in [0.2, 0.25) is 0 Å². The lowest BCUT2D eigenvalue weighted by Gasteiger charge is -2.21. The molecule has 1 atom stereocenters. The molecule has 0 saturated carbocycles. The van der Waals surface area contributed by atoms with Crippen LogP contribution in [0, 0.1) is 0 Å². The number of nitrogens with zero attached hydrogens (tertiary/aromatic N) is 1. The molecule has 2 rings (SSSR count). The van der Waals surface area contributed by atoms with E-state index in [1.165, 1.54) is 0 Å². The fourth-order valence-electron chi connectivity index (χ4n) is 2.11. The first-order valence-corrected chi connectivity index (χ1v) is 7.41. The molecule has 118 valence electrons. The number of rotatable bonds is 3. The molecule has 0 bridgehead atoms. The third kappa shape index (κ3) is 4.08. The third-order valence-corrected chi connectivity index (χ3v) is 3.33. The van der Waals surface area contributed by atoms with Gasteiger partial charge in [0.15, 0.2) is 0 Å². The third-order valence-electron chi connectivity index (χ3n) is 3.00. The second-order valence-corrected chi connectivity index (χ2v) is 6.43. The van der Waals surface area contributed by atoms with Crippen LogP contribution in [0.2, 0.25) is 5.02 Å². The number of fused-ring (bicyclic) bond motifs is 1. The Morgan fingerprint density at radius 1 is 1.41 bits per heavy atom. The van der Waals surface area contributed by atoms with E-state index in [0.717, 1.165) is 16.5 Å². The van der Waals surface area contributed by atoms with Crippen molar-refractivity contribution < 1.29 is 9.53 Å². The average Bonchev–Trinajstić information content (AvgIpc) is 2.43. The lowest BCUT2D eigenvalue weighted by Crippen LogP contribution is -2.36. The number of alkyl carbamates (subject to hydrolysis) is 1. The van der Waals surface area contributed by atoms with Crippen LogP contribution >= 0.6 is 11.6 Å². The normalized spacial score (nSPS) is 13.0. The van der Waals surface area contributed by atoms with Gasteiger partial charge in [-0.05, 0) is 32.9 Å². The van der Waals surface area contributed by atoms with Crippen molar-refractivity contribution in [2.24, 2.45) is 5.73 Å². The molecule has 6 heteroatoms. The molecule has 0 saturated heterocycles. The summed E-state index contributed by atoms with van der Waals surface area (Å²) >= 11 is 6.26. The van der Waals surface area contributed by atoms with Crippen molar-refractivity contribution in [2.75, 3.05) is 6.54 Å². The molecule has 1 heterocycles. The molecule has 0 aliphatic rings. The van der Waals surface area contributed by atoms with E-state index in [4.69, 9.17) is 22.1 Å². The van der Waals surface area contributed by atoms with Crippen molar-refractivity contribution in [1.29, 1.82) is 0 Å². The number of hydrogen-bond acceptors (Lipinski definition) is 4. The number of carbonyl (C=O) groups is 1. The highest BCUT2D eigenvalue weighted by atomic mass is 35.5. The summed E-state index contributed by atoms with van der Waals surface area (Å²) in [6.45, 7) is 5.62. The Balaban J connectivity index is 2.15. The Kier molecular flexibility index (Phi) is 4.88. The van der Waals surface area contributed by atoms with Crippen LogP contribution in [0.5, 0.6) is 0 Å². The van der Waals surface area contributed by atoms with E-state index in [0.29, 0.717) is 5.02 Å². The zero-order valence-electron chi connectivity index (χ0n) is 12.9. The number of nitrogens with one attached hydrogen (secondary N) is 1. The molecule has 0 aliphatic carbocycles. The molecule has 1 unspecified atom stereocenters. The van der Waals surface area contributed by atoms with Gasteiger partial charge in [-0.25, -0.2) is 4.79 Å². The lowest BCUT2D eigenvalue weighted by atomic mass is 10.0. The molecule has 1 amide bonds. The Morgan fingerprint density at radius 3 is 2.82 bits per heavy atom. The molecule has 0 aliphatic heterocycles. The number of pyridine rings is 1. The maximum atomic E-state index is 11.7. The minimum absolute atomic E-state index is 0.213. The highest BCUT2D eigenvalue weighted by Gasteiger charge is 2.19. The van der Waals surface area contributed by atoms with E-state index in [2.05, 4.69) is 10.3 Å².